The third-order valence-electron chi connectivity index (χ3n) is 9.77. The molecule has 3 aromatic rings. The lowest BCUT2D eigenvalue weighted by atomic mass is 9.84. The summed E-state index contributed by atoms with van der Waals surface area (Å²) in [6.45, 7) is 20.5. The molecule has 0 spiro atoms. The number of alkyl halides is 4. The molecule has 5 rings (SSSR count). The lowest BCUT2D eigenvalue weighted by Crippen LogP contribution is -2.52. The quantitative estimate of drug-likeness (QED) is 0.146. The molecule has 2 bridgehead atoms. The third kappa shape index (κ3) is 8.15. The Balaban J connectivity index is 0.000000257. The second kappa shape index (κ2) is 13.4. The van der Waals surface area contributed by atoms with Crippen LogP contribution in [0.3, 0.4) is 0 Å². The average Bonchev–Trinajstić information content (AvgIpc) is 3.61. The molecule has 0 heterocycles. The SMILES string of the molecule is CC(C)(C)c1ccc([S+](c2ccc(C(C)(C)C)cc2)c2ccc(C(C)(C)C)cc2)cc1.O=S(=O)([O-])C(F)(F)C(F)(F)C1CC2CCC1C2. The zero-order valence-corrected chi connectivity index (χ0v) is 31.2. The Morgan fingerprint density at radius 3 is 1.15 bits per heavy atom. The van der Waals surface area contributed by atoms with E-state index in [9.17, 15) is 30.5 Å². The van der Waals surface area contributed by atoms with E-state index in [2.05, 4.69) is 135 Å². The molecule has 0 aromatic heterocycles. The Bertz CT molecular complexity index is 1510. The predicted octanol–water partition coefficient (Wildman–Crippen LogP) is 10.9. The number of rotatable bonds is 6. The smallest absolute Gasteiger partial charge is 0.396 e. The summed E-state index contributed by atoms with van der Waals surface area (Å²) >= 11 is 0. The van der Waals surface area contributed by atoms with Crippen LogP contribution in [0.4, 0.5) is 17.6 Å². The van der Waals surface area contributed by atoms with Gasteiger partial charge >= 0.3 is 11.2 Å². The van der Waals surface area contributed by atoms with E-state index in [-0.39, 0.29) is 39.5 Å². The second-order valence-electron chi connectivity index (χ2n) is 16.5. The monoisotopic (exact) mass is 706 g/mol. The number of benzene rings is 3. The fourth-order valence-electron chi connectivity index (χ4n) is 6.75. The van der Waals surface area contributed by atoms with Crippen molar-refractivity contribution in [3.8, 4) is 0 Å². The topological polar surface area (TPSA) is 57.2 Å². The van der Waals surface area contributed by atoms with Crippen LogP contribution >= 0.6 is 0 Å². The van der Waals surface area contributed by atoms with Gasteiger partial charge in [0.2, 0.25) is 0 Å². The van der Waals surface area contributed by atoms with E-state index in [1.807, 2.05) is 0 Å². The number of hydrogen-bond donors (Lipinski definition) is 0. The molecule has 264 valence electrons. The minimum Gasteiger partial charge on any atom is -0.743 e. The highest BCUT2D eigenvalue weighted by Crippen LogP contribution is 2.58. The van der Waals surface area contributed by atoms with Crippen LogP contribution in [0, 0.1) is 17.8 Å². The van der Waals surface area contributed by atoms with Crippen molar-refractivity contribution >= 4 is 21.0 Å². The molecule has 2 aliphatic carbocycles. The van der Waals surface area contributed by atoms with E-state index in [1.165, 1.54) is 31.4 Å². The Morgan fingerprint density at radius 2 is 0.917 bits per heavy atom. The molecule has 0 amide bonds. The van der Waals surface area contributed by atoms with Crippen molar-refractivity contribution < 1.29 is 30.5 Å². The fourth-order valence-corrected chi connectivity index (χ4v) is 9.28. The van der Waals surface area contributed by atoms with Crippen molar-refractivity contribution in [3.63, 3.8) is 0 Å². The summed E-state index contributed by atoms with van der Waals surface area (Å²) in [6, 6.07) is 27.8. The van der Waals surface area contributed by atoms with Gasteiger partial charge in [-0.2, -0.15) is 17.6 Å². The maximum Gasteiger partial charge on any atom is 0.396 e. The molecule has 3 aromatic carbocycles. The number of fused-ring (bicyclic) bond motifs is 2. The normalized spacial score (nSPS) is 20.5. The van der Waals surface area contributed by atoms with Gasteiger partial charge in [-0.1, -0.05) is 105 Å². The molecule has 2 saturated carbocycles. The fraction of sp³-hybridized carbons (Fsp3) is 0.538. The average molecular weight is 707 g/mol. The molecule has 0 aliphatic heterocycles. The number of halogens is 4. The van der Waals surface area contributed by atoms with E-state index in [0.29, 0.717) is 19.3 Å². The van der Waals surface area contributed by atoms with Gasteiger partial charge in [0.25, 0.3) is 0 Å². The van der Waals surface area contributed by atoms with Crippen LogP contribution in [0.2, 0.25) is 0 Å². The van der Waals surface area contributed by atoms with Gasteiger partial charge in [0.05, 0.1) is 10.9 Å². The first-order chi connectivity index (χ1) is 21.8. The van der Waals surface area contributed by atoms with Crippen LogP contribution in [0.25, 0.3) is 0 Å². The lowest BCUT2D eigenvalue weighted by Gasteiger charge is -2.36. The highest BCUT2D eigenvalue weighted by Gasteiger charge is 2.68. The van der Waals surface area contributed by atoms with Crippen molar-refractivity contribution in [1.29, 1.82) is 0 Å². The van der Waals surface area contributed by atoms with E-state index in [4.69, 9.17) is 0 Å². The Morgan fingerprint density at radius 1 is 0.583 bits per heavy atom. The molecule has 9 heteroatoms. The molecule has 0 N–H and O–H groups in total. The second-order valence-corrected chi connectivity index (χ2v) is 20.0. The van der Waals surface area contributed by atoms with Gasteiger partial charge in [-0.3, -0.25) is 0 Å². The van der Waals surface area contributed by atoms with Gasteiger partial charge in [0.15, 0.2) is 24.8 Å². The summed E-state index contributed by atoms with van der Waals surface area (Å²) in [5.74, 6) is -7.10. The summed E-state index contributed by atoms with van der Waals surface area (Å²) < 4.78 is 84.0. The van der Waals surface area contributed by atoms with Gasteiger partial charge in [-0.15, -0.1) is 0 Å². The molecule has 3 atom stereocenters. The van der Waals surface area contributed by atoms with Gasteiger partial charge < -0.3 is 4.55 Å². The Kier molecular flexibility index (Phi) is 10.7. The lowest BCUT2D eigenvalue weighted by molar-refractivity contribution is -0.202. The van der Waals surface area contributed by atoms with Crippen molar-refractivity contribution in [1.82, 2.24) is 0 Å². The van der Waals surface area contributed by atoms with Gasteiger partial charge in [0, 0.05) is 5.92 Å². The molecule has 48 heavy (non-hydrogen) atoms. The molecular formula is C39H50F4O3S2. The van der Waals surface area contributed by atoms with Crippen LogP contribution in [0.1, 0.15) is 105 Å². The molecule has 0 saturated heterocycles. The highest BCUT2D eigenvalue weighted by atomic mass is 32.2. The third-order valence-corrected chi connectivity index (χ3v) is 12.9. The van der Waals surface area contributed by atoms with Crippen LogP contribution in [-0.2, 0) is 37.3 Å². The van der Waals surface area contributed by atoms with E-state index in [1.54, 1.807) is 0 Å². The van der Waals surface area contributed by atoms with Gasteiger partial charge in [0.1, 0.15) is 0 Å². The molecule has 3 nitrogen and oxygen atoms in total. The minimum atomic E-state index is -6.35. The van der Waals surface area contributed by atoms with E-state index >= 15 is 0 Å². The van der Waals surface area contributed by atoms with Crippen LogP contribution in [-0.4, -0.2) is 24.1 Å². The van der Waals surface area contributed by atoms with Crippen molar-refractivity contribution in [2.45, 2.75) is 130 Å². The zero-order valence-electron chi connectivity index (χ0n) is 29.5. The van der Waals surface area contributed by atoms with Crippen molar-refractivity contribution in [3.05, 3.63) is 89.5 Å². The molecular weight excluding hydrogens is 657 g/mol. The largest absolute Gasteiger partial charge is 0.743 e. The zero-order chi connectivity index (χ0) is 36.1. The summed E-state index contributed by atoms with van der Waals surface area (Å²) in [6.07, 6.45) is 1.42. The number of hydrogen-bond acceptors (Lipinski definition) is 3. The summed E-state index contributed by atoms with van der Waals surface area (Å²) in [7, 11) is -6.47. The van der Waals surface area contributed by atoms with E-state index in [0.717, 1.165) is 0 Å². The molecule has 2 fully saturated rings. The highest BCUT2D eigenvalue weighted by molar-refractivity contribution is 7.97. The maximum absolute atomic E-state index is 13.5. The van der Waals surface area contributed by atoms with Gasteiger partial charge in [-0.25, -0.2) is 8.42 Å². The van der Waals surface area contributed by atoms with E-state index < -0.39 is 33.1 Å². The standard InChI is InChI=1S/C30H39S.C9H12F4O3S/c1-28(2,3)22-10-16-25(17-11-22)31(26-18-12-23(13-19-26)29(4,5)6)27-20-14-24(15-21-27)30(7,8)9;10-8(11,9(12,13)17(14,15)16)7-4-5-1-2-6(7)3-5/h10-21H,1-9H3;5-7H,1-4H2,(H,14,15,16)/q+1;/p-1. The van der Waals surface area contributed by atoms with Gasteiger partial charge in [-0.05, 0) is 100 Å². The predicted molar refractivity (Wildman–Crippen MR) is 186 cm³/mol. The van der Waals surface area contributed by atoms with Crippen molar-refractivity contribution in [2.75, 3.05) is 0 Å². The Labute approximate surface area is 288 Å². The summed E-state index contributed by atoms with van der Waals surface area (Å²) in [4.78, 5) is 4.13. The maximum atomic E-state index is 13.5. The first kappa shape index (κ1) is 38.4. The molecule has 3 unspecified atom stereocenters. The van der Waals surface area contributed by atoms with Crippen LogP contribution in [0.15, 0.2) is 87.5 Å². The minimum absolute atomic E-state index is 0.0407. The Hall–Kier alpha value is -2.36. The molecule has 2 aliphatic rings. The van der Waals surface area contributed by atoms with Crippen LogP contribution < -0.4 is 0 Å². The first-order valence-electron chi connectivity index (χ1n) is 16.6. The van der Waals surface area contributed by atoms with Crippen LogP contribution in [0.5, 0.6) is 0 Å². The summed E-state index contributed by atoms with van der Waals surface area (Å²) in [5.41, 5.74) is 4.64. The van der Waals surface area contributed by atoms with Crippen molar-refractivity contribution in [2.24, 2.45) is 17.8 Å². The first-order valence-corrected chi connectivity index (χ1v) is 19.2. The summed E-state index contributed by atoms with van der Waals surface area (Å²) in [5, 5.41) is -5.52. The molecule has 0 radical (unpaired) electrons.